The molecule has 1 heterocycles. The van der Waals surface area contributed by atoms with Gasteiger partial charge in [-0.15, -0.1) is 11.3 Å². The van der Waals surface area contributed by atoms with E-state index in [1.54, 1.807) is 0 Å². The van der Waals surface area contributed by atoms with E-state index in [-0.39, 0.29) is 6.10 Å². The zero-order valence-corrected chi connectivity index (χ0v) is 17.9. The summed E-state index contributed by atoms with van der Waals surface area (Å²) in [7, 11) is 0. The van der Waals surface area contributed by atoms with Crippen molar-refractivity contribution in [1.82, 2.24) is 5.32 Å². The molecule has 2 nitrogen and oxygen atoms in total. The van der Waals surface area contributed by atoms with Crippen molar-refractivity contribution in [2.75, 3.05) is 6.54 Å². The first-order chi connectivity index (χ1) is 13.6. The Hall–Kier alpha value is -2.10. The molecule has 148 valence electrons. The first-order valence-corrected chi connectivity index (χ1v) is 11.1. The van der Waals surface area contributed by atoms with Crippen LogP contribution in [0.25, 0.3) is 0 Å². The second-order valence-electron chi connectivity index (χ2n) is 7.60. The normalized spacial score (nSPS) is 13.4. The molecule has 28 heavy (non-hydrogen) atoms. The molecule has 2 aromatic carbocycles. The Bertz CT molecular complexity index is 796. The molecule has 0 amide bonds. The van der Waals surface area contributed by atoms with Gasteiger partial charge in [-0.1, -0.05) is 48.5 Å². The second-order valence-corrected chi connectivity index (χ2v) is 8.58. The molecule has 0 aliphatic heterocycles. The SMILES string of the molecule is CC(C)Oc1ccc([C@H](CCN[C@H](C)c2cccs2)Cc2ccccc2)cc1. The fourth-order valence-electron chi connectivity index (χ4n) is 3.49. The van der Waals surface area contributed by atoms with Crippen molar-refractivity contribution >= 4 is 11.3 Å². The molecule has 0 bridgehead atoms. The van der Waals surface area contributed by atoms with E-state index < -0.39 is 0 Å². The number of ether oxygens (including phenoxy) is 1. The third kappa shape index (κ3) is 6.22. The van der Waals surface area contributed by atoms with Crippen molar-refractivity contribution < 1.29 is 4.74 Å². The standard InChI is InChI=1S/C25H31NOS/c1-19(2)27-24-13-11-22(12-14-24)23(18-21-8-5-4-6-9-21)15-16-26-20(3)25-10-7-17-28-25/h4-14,17,19-20,23,26H,15-16,18H2,1-3H3/t20-,23-/m1/s1. The van der Waals surface area contributed by atoms with Crippen molar-refractivity contribution in [3.63, 3.8) is 0 Å². The summed E-state index contributed by atoms with van der Waals surface area (Å²) in [5, 5.41) is 5.84. The van der Waals surface area contributed by atoms with E-state index in [0.717, 1.165) is 25.1 Å². The van der Waals surface area contributed by atoms with Gasteiger partial charge in [-0.25, -0.2) is 0 Å². The van der Waals surface area contributed by atoms with Crippen LogP contribution < -0.4 is 10.1 Å². The minimum atomic E-state index is 0.203. The Kier molecular flexibility index (Phi) is 7.70. The third-order valence-corrected chi connectivity index (χ3v) is 6.02. The van der Waals surface area contributed by atoms with Gasteiger partial charge < -0.3 is 10.1 Å². The summed E-state index contributed by atoms with van der Waals surface area (Å²) in [6.07, 6.45) is 2.36. The number of hydrogen-bond acceptors (Lipinski definition) is 3. The highest BCUT2D eigenvalue weighted by Gasteiger charge is 2.14. The summed E-state index contributed by atoms with van der Waals surface area (Å²) in [6, 6.07) is 24.2. The summed E-state index contributed by atoms with van der Waals surface area (Å²) in [6.45, 7) is 7.37. The largest absolute Gasteiger partial charge is 0.491 e. The van der Waals surface area contributed by atoms with Gasteiger partial charge in [-0.3, -0.25) is 0 Å². The van der Waals surface area contributed by atoms with Crippen molar-refractivity contribution in [1.29, 1.82) is 0 Å². The first-order valence-electron chi connectivity index (χ1n) is 10.2. The maximum Gasteiger partial charge on any atom is 0.119 e. The van der Waals surface area contributed by atoms with Gasteiger partial charge in [-0.05, 0) is 80.8 Å². The average molecular weight is 394 g/mol. The molecule has 0 fully saturated rings. The molecule has 1 aromatic heterocycles. The molecule has 3 heteroatoms. The van der Waals surface area contributed by atoms with Crippen LogP contribution >= 0.6 is 11.3 Å². The number of nitrogens with one attached hydrogen (secondary N) is 1. The molecule has 2 atom stereocenters. The molecule has 0 saturated heterocycles. The highest BCUT2D eigenvalue weighted by molar-refractivity contribution is 7.10. The van der Waals surface area contributed by atoms with Crippen LogP contribution in [0.1, 0.15) is 55.2 Å². The quantitative estimate of drug-likeness (QED) is 0.419. The first kappa shape index (κ1) is 20.6. The molecular formula is C25H31NOS. The molecule has 3 rings (SSSR count). The van der Waals surface area contributed by atoms with Crippen LogP contribution in [-0.4, -0.2) is 12.6 Å². The van der Waals surface area contributed by atoms with Crippen molar-refractivity contribution in [3.8, 4) is 5.75 Å². The number of benzene rings is 2. The Morgan fingerprint density at radius 3 is 2.29 bits per heavy atom. The van der Waals surface area contributed by atoms with Gasteiger partial charge >= 0.3 is 0 Å². The fraction of sp³-hybridized carbons (Fsp3) is 0.360. The lowest BCUT2D eigenvalue weighted by molar-refractivity contribution is 0.242. The molecule has 0 spiro atoms. The van der Waals surface area contributed by atoms with Crippen molar-refractivity contribution in [2.24, 2.45) is 0 Å². The molecule has 1 N–H and O–H groups in total. The smallest absolute Gasteiger partial charge is 0.119 e. The van der Waals surface area contributed by atoms with Gasteiger partial charge in [0.05, 0.1) is 6.10 Å². The minimum Gasteiger partial charge on any atom is -0.491 e. The summed E-state index contributed by atoms with van der Waals surface area (Å²) >= 11 is 1.82. The van der Waals surface area contributed by atoms with E-state index in [2.05, 4.69) is 98.2 Å². The number of thiophene rings is 1. The lowest BCUT2D eigenvalue weighted by Crippen LogP contribution is -2.21. The van der Waals surface area contributed by atoms with Crippen LogP contribution in [0, 0.1) is 0 Å². The van der Waals surface area contributed by atoms with Crippen LogP contribution in [0.3, 0.4) is 0 Å². The number of hydrogen-bond donors (Lipinski definition) is 1. The van der Waals surface area contributed by atoms with E-state index >= 15 is 0 Å². The monoisotopic (exact) mass is 393 g/mol. The van der Waals surface area contributed by atoms with E-state index in [0.29, 0.717) is 12.0 Å². The molecule has 0 aliphatic rings. The maximum absolute atomic E-state index is 5.81. The van der Waals surface area contributed by atoms with Gasteiger partial charge in [0.1, 0.15) is 5.75 Å². The van der Waals surface area contributed by atoms with E-state index in [4.69, 9.17) is 4.74 Å². The topological polar surface area (TPSA) is 21.3 Å². The zero-order valence-electron chi connectivity index (χ0n) is 17.1. The van der Waals surface area contributed by atoms with Gasteiger partial charge in [-0.2, -0.15) is 0 Å². The minimum absolute atomic E-state index is 0.203. The van der Waals surface area contributed by atoms with Gasteiger partial charge in [0, 0.05) is 10.9 Å². The predicted molar refractivity (Wildman–Crippen MR) is 120 cm³/mol. The summed E-state index contributed by atoms with van der Waals surface area (Å²) in [5.74, 6) is 1.43. The van der Waals surface area contributed by atoms with Gasteiger partial charge in [0.15, 0.2) is 0 Å². The summed E-state index contributed by atoms with van der Waals surface area (Å²) < 4.78 is 5.81. The van der Waals surface area contributed by atoms with Crippen molar-refractivity contribution in [3.05, 3.63) is 88.1 Å². The highest BCUT2D eigenvalue weighted by atomic mass is 32.1. The fourth-order valence-corrected chi connectivity index (χ4v) is 4.25. The van der Waals surface area contributed by atoms with Crippen LogP contribution in [-0.2, 0) is 6.42 Å². The van der Waals surface area contributed by atoms with Gasteiger partial charge in [0.2, 0.25) is 0 Å². The van der Waals surface area contributed by atoms with E-state index in [1.807, 2.05) is 11.3 Å². The molecule has 0 aliphatic carbocycles. The zero-order chi connectivity index (χ0) is 19.8. The van der Waals surface area contributed by atoms with Crippen LogP contribution in [0.4, 0.5) is 0 Å². The van der Waals surface area contributed by atoms with Crippen molar-refractivity contribution in [2.45, 2.75) is 51.7 Å². The molecule has 0 unspecified atom stereocenters. The molecule has 0 radical (unpaired) electrons. The Morgan fingerprint density at radius 2 is 1.64 bits per heavy atom. The molecule has 3 aromatic rings. The summed E-state index contributed by atoms with van der Waals surface area (Å²) in [5.41, 5.74) is 2.77. The Morgan fingerprint density at radius 1 is 0.893 bits per heavy atom. The predicted octanol–water partition coefficient (Wildman–Crippen LogP) is 6.60. The third-order valence-electron chi connectivity index (χ3n) is 4.96. The van der Waals surface area contributed by atoms with E-state index in [1.165, 1.54) is 16.0 Å². The second kappa shape index (κ2) is 10.4. The lowest BCUT2D eigenvalue weighted by atomic mass is 9.89. The molecule has 0 saturated carbocycles. The van der Waals surface area contributed by atoms with E-state index in [9.17, 15) is 0 Å². The van der Waals surface area contributed by atoms with Crippen LogP contribution in [0.5, 0.6) is 5.75 Å². The summed E-state index contributed by atoms with van der Waals surface area (Å²) in [4.78, 5) is 1.40. The number of rotatable bonds is 10. The Balaban J connectivity index is 1.66. The van der Waals surface area contributed by atoms with Crippen LogP contribution in [0.15, 0.2) is 72.1 Å². The average Bonchev–Trinajstić information content (AvgIpc) is 3.23. The Labute approximate surface area is 173 Å². The van der Waals surface area contributed by atoms with Crippen LogP contribution in [0.2, 0.25) is 0 Å². The maximum atomic E-state index is 5.81. The molecular weight excluding hydrogens is 362 g/mol. The lowest BCUT2D eigenvalue weighted by Gasteiger charge is -2.20. The van der Waals surface area contributed by atoms with Gasteiger partial charge in [0.25, 0.3) is 0 Å². The highest BCUT2D eigenvalue weighted by Crippen LogP contribution is 2.27.